The van der Waals surface area contributed by atoms with Crippen LogP contribution >= 0.6 is 0 Å². The smallest absolute Gasteiger partial charge is 0.339 e. The van der Waals surface area contributed by atoms with Crippen molar-refractivity contribution in [2.24, 2.45) is 7.05 Å². The second-order valence-corrected chi connectivity index (χ2v) is 4.14. The molecule has 0 bridgehead atoms. The average molecular weight is 249 g/mol. The first-order valence-corrected chi connectivity index (χ1v) is 5.54. The minimum absolute atomic E-state index is 0.198. The normalized spacial score (nSPS) is 10.6. The Morgan fingerprint density at radius 2 is 2.22 bits per heavy atom. The minimum atomic E-state index is -0.976. The first-order chi connectivity index (χ1) is 8.47. The quantitative estimate of drug-likeness (QED) is 0.865. The molecule has 0 saturated heterocycles. The van der Waals surface area contributed by atoms with Crippen molar-refractivity contribution in [2.45, 2.75) is 20.4 Å². The van der Waals surface area contributed by atoms with E-state index in [4.69, 9.17) is 9.52 Å². The number of carboxylic acids is 1. The predicted octanol–water partition coefficient (Wildman–Crippen LogP) is 1.94. The van der Waals surface area contributed by atoms with E-state index in [1.54, 1.807) is 11.6 Å². The number of aromatic nitrogens is 2. The maximum Gasteiger partial charge on any atom is 0.339 e. The van der Waals surface area contributed by atoms with Gasteiger partial charge < -0.3 is 14.8 Å². The number of hydrogen-bond donors (Lipinski definition) is 2. The molecule has 2 aromatic rings. The SMILES string of the molecule is Cc1oc(CNc2cc(C)n(C)n2)cc1C(=O)O. The van der Waals surface area contributed by atoms with Crippen LogP contribution in [0.3, 0.4) is 0 Å². The maximum atomic E-state index is 10.9. The van der Waals surface area contributed by atoms with Crippen molar-refractivity contribution in [2.75, 3.05) is 5.32 Å². The van der Waals surface area contributed by atoms with Gasteiger partial charge in [0.1, 0.15) is 22.9 Å². The van der Waals surface area contributed by atoms with E-state index in [1.807, 2.05) is 20.0 Å². The van der Waals surface area contributed by atoms with Crippen molar-refractivity contribution in [3.8, 4) is 0 Å². The molecular formula is C12H15N3O3. The van der Waals surface area contributed by atoms with Gasteiger partial charge in [0.15, 0.2) is 0 Å². The number of rotatable bonds is 4. The summed E-state index contributed by atoms with van der Waals surface area (Å²) in [5.41, 5.74) is 1.24. The molecule has 18 heavy (non-hydrogen) atoms. The van der Waals surface area contributed by atoms with Crippen LogP contribution in [0.1, 0.15) is 27.6 Å². The highest BCUT2D eigenvalue weighted by molar-refractivity contribution is 5.88. The third-order valence-electron chi connectivity index (χ3n) is 2.76. The summed E-state index contributed by atoms with van der Waals surface area (Å²) in [5.74, 6) is 0.752. The third-order valence-corrected chi connectivity index (χ3v) is 2.76. The number of nitrogens with one attached hydrogen (secondary N) is 1. The molecule has 0 aromatic carbocycles. The fourth-order valence-corrected chi connectivity index (χ4v) is 1.67. The molecule has 0 unspecified atom stereocenters. The number of anilines is 1. The highest BCUT2D eigenvalue weighted by Crippen LogP contribution is 2.16. The lowest BCUT2D eigenvalue weighted by atomic mass is 10.2. The number of aromatic carboxylic acids is 1. The summed E-state index contributed by atoms with van der Waals surface area (Å²) < 4.78 is 7.12. The molecule has 0 radical (unpaired) electrons. The molecule has 2 N–H and O–H groups in total. The van der Waals surface area contributed by atoms with Gasteiger partial charge in [-0.1, -0.05) is 0 Å². The molecule has 0 spiro atoms. The fourth-order valence-electron chi connectivity index (χ4n) is 1.67. The summed E-state index contributed by atoms with van der Waals surface area (Å²) >= 11 is 0. The van der Waals surface area contributed by atoms with Gasteiger partial charge in [-0.15, -0.1) is 0 Å². The highest BCUT2D eigenvalue weighted by Gasteiger charge is 2.13. The summed E-state index contributed by atoms with van der Waals surface area (Å²) in [5, 5.41) is 16.2. The molecule has 96 valence electrons. The van der Waals surface area contributed by atoms with E-state index < -0.39 is 5.97 Å². The number of furan rings is 1. The Bertz CT molecular complexity index is 564. The number of carbonyl (C=O) groups is 1. The largest absolute Gasteiger partial charge is 0.478 e. The Hall–Kier alpha value is -2.24. The molecule has 0 fully saturated rings. The first-order valence-electron chi connectivity index (χ1n) is 5.54. The van der Waals surface area contributed by atoms with Gasteiger partial charge in [-0.2, -0.15) is 5.10 Å². The van der Waals surface area contributed by atoms with E-state index in [0.717, 1.165) is 11.5 Å². The second-order valence-electron chi connectivity index (χ2n) is 4.14. The summed E-state index contributed by atoms with van der Waals surface area (Å²) in [6.07, 6.45) is 0. The Labute approximate surface area is 104 Å². The molecule has 0 aliphatic carbocycles. The van der Waals surface area contributed by atoms with E-state index in [2.05, 4.69) is 10.4 Å². The van der Waals surface area contributed by atoms with Crippen molar-refractivity contribution in [1.29, 1.82) is 0 Å². The van der Waals surface area contributed by atoms with E-state index in [9.17, 15) is 4.79 Å². The molecule has 0 aliphatic heterocycles. The van der Waals surface area contributed by atoms with Crippen LogP contribution in [0.4, 0.5) is 5.82 Å². The summed E-state index contributed by atoms with van der Waals surface area (Å²) in [6.45, 7) is 4.00. The first kappa shape index (κ1) is 12.2. The molecule has 6 nitrogen and oxygen atoms in total. The van der Waals surface area contributed by atoms with Crippen LogP contribution in [0.15, 0.2) is 16.5 Å². The van der Waals surface area contributed by atoms with Crippen molar-refractivity contribution in [3.05, 3.63) is 34.9 Å². The molecule has 2 heterocycles. The van der Waals surface area contributed by atoms with Gasteiger partial charge in [0.05, 0.1) is 6.54 Å². The number of carboxylic acid groups (broad SMARTS) is 1. The molecule has 0 aliphatic rings. The number of nitrogens with zero attached hydrogens (tertiary/aromatic N) is 2. The van der Waals surface area contributed by atoms with Gasteiger partial charge in [-0.25, -0.2) is 4.79 Å². The summed E-state index contributed by atoms with van der Waals surface area (Å²) in [6, 6.07) is 3.44. The summed E-state index contributed by atoms with van der Waals surface area (Å²) in [4.78, 5) is 10.9. The topological polar surface area (TPSA) is 80.3 Å². The monoisotopic (exact) mass is 249 g/mol. The minimum Gasteiger partial charge on any atom is -0.478 e. The Balaban J connectivity index is 2.06. The Kier molecular flexibility index (Phi) is 3.10. The van der Waals surface area contributed by atoms with Gasteiger partial charge >= 0.3 is 5.97 Å². The molecule has 6 heteroatoms. The molecule has 0 saturated carbocycles. The molecule has 0 atom stereocenters. The Morgan fingerprint density at radius 1 is 1.50 bits per heavy atom. The second kappa shape index (κ2) is 4.56. The van der Waals surface area contributed by atoms with E-state index in [1.165, 1.54) is 6.07 Å². The maximum absolute atomic E-state index is 10.9. The van der Waals surface area contributed by atoms with Gasteiger partial charge in [0.2, 0.25) is 0 Å². The van der Waals surface area contributed by atoms with Crippen molar-refractivity contribution >= 4 is 11.8 Å². The lowest BCUT2D eigenvalue weighted by molar-refractivity contribution is 0.0695. The third kappa shape index (κ3) is 2.37. The standard InChI is InChI=1S/C12H15N3O3/c1-7-4-11(14-15(7)3)13-6-9-5-10(12(16)17)8(2)18-9/h4-5H,6H2,1-3H3,(H,13,14)(H,16,17). The lowest BCUT2D eigenvalue weighted by Gasteiger charge is -1.98. The fraction of sp³-hybridized carbons (Fsp3) is 0.333. The van der Waals surface area contributed by atoms with E-state index in [0.29, 0.717) is 18.1 Å². The van der Waals surface area contributed by atoms with Gasteiger partial charge in [-0.05, 0) is 19.9 Å². The lowest BCUT2D eigenvalue weighted by Crippen LogP contribution is -2.00. The molecular weight excluding hydrogens is 234 g/mol. The van der Waals surface area contributed by atoms with Crippen LogP contribution in [0.5, 0.6) is 0 Å². The zero-order valence-corrected chi connectivity index (χ0v) is 10.5. The molecule has 0 amide bonds. The van der Waals surface area contributed by atoms with E-state index >= 15 is 0 Å². The van der Waals surface area contributed by atoms with Crippen LogP contribution in [-0.2, 0) is 13.6 Å². The van der Waals surface area contributed by atoms with Gasteiger partial charge in [0.25, 0.3) is 0 Å². The van der Waals surface area contributed by atoms with Crippen LogP contribution in [-0.4, -0.2) is 20.9 Å². The van der Waals surface area contributed by atoms with Crippen molar-refractivity contribution in [1.82, 2.24) is 9.78 Å². The predicted molar refractivity (Wildman–Crippen MR) is 65.7 cm³/mol. The zero-order valence-electron chi connectivity index (χ0n) is 10.5. The van der Waals surface area contributed by atoms with Crippen molar-refractivity contribution in [3.63, 3.8) is 0 Å². The van der Waals surface area contributed by atoms with E-state index in [-0.39, 0.29) is 5.56 Å². The van der Waals surface area contributed by atoms with Gasteiger partial charge in [0, 0.05) is 18.8 Å². The van der Waals surface area contributed by atoms with Gasteiger partial charge in [-0.3, -0.25) is 4.68 Å². The zero-order chi connectivity index (χ0) is 13.3. The highest BCUT2D eigenvalue weighted by atomic mass is 16.4. The van der Waals surface area contributed by atoms with Crippen LogP contribution in [0.2, 0.25) is 0 Å². The van der Waals surface area contributed by atoms with Crippen molar-refractivity contribution < 1.29 is 14.3 Å². The number of aryl methyl sites for hydroxylation is 3. The summed E-state index contributed by atoms with van der Waals surface area (Å²) in [7, 11) is 1.86. The molecule has 2 aromatic heterocycles. The van der Waals surface area contributed by atoms with Crippen LogP contribution in [0, 0.1) is 13.8 Å². The Morgan fingerprint density at radius 3 is 2.72 bits per heavy atom. The van der Waals surface area contributed by atoms with Crippen LogP contribution in [0.25, 0.3) is 0 Å². The molecule has 2 rings (SSSR count). The number of hydrogen-bond acceptors (Lipinski definition) is 4. The van der Waals surface area contributed by atoms with Crippen LogP contribution < -0.4 is 5.32 Å². The average Bonchev–Trinajstić information content (AvgIpc) is 2.80.